The number of aromatic nitrogens is 1. The zero-order valence-corrected chi connectivity index (χ0v) is 16.9. The van der Waals surface area contributed by atoms with Crippen molar-refractivity contribution in [3.63, 3.8) is 0 Å². The van der Waals surface area contributed by atoms with E-state index < -0.39 is 40.4 Å². The van der Waals surface area contributed by atoms with Gasteiger partial charge in [0.1, 0.15) is 0 Å². The number of hydrogen-bond acceptors (Lipinski definition) is 5. The molecule has 31 heavy (non-hydrogen) atoms. The largest absolute Gasteiger partial charge is 0.611 e. The van der Waals surface area contributed by atoms with E-state index in [0.717, 1.165) is 12.1 Å². The Labute approximate surface area is 178 Å². The average molecular weight is 447 g/mol. The Hall–Kier alpha value is -3.29. The number of benzene rings is 1. The van der Waals surface area contributed by atoms with Crippen LogP contribution >= 0.6 is 0 Å². The maximum absolute atomic E-state index is 13.7. The molecule has 2 unspecified atom stereocenters. The molecule has 1 aliphatic heterocycles. The van der Waals surface area contributed by atoms with Crippen LogP contribution in [0.15, 0.2) is 76.2 Å². The highest BCUT2D eigenvalue weighted by Crippen LogP contribution is 2.43. The van der Waals surface area contributed by atoms with Gasteiger partial charge in [-0.1, -0.05) is 18.2 Å². The van der Waals surface area contributed by atoms with Crippen molar-refractivity contribution in [3.8, 4) is 6.07 Å². The van der Waals surface area contributed by atoms with Crippen LogP contribution in [-0.2, 0) is 22.1 Å². The van der Waals surface area contributed by atoms with Gasteiger partial charge in [-0.15, -0.1) is 0 Å². The summed E-state index contributed by atoms with van der Waals surface area (Å²) in [5.41, 5.74) is -1.78. The van der Waals surface area contributed by atoms with Gasteiger partial charge in [-0.25, -0.2) is 4.79 Å². The van der Waals surface area contributed by atoms with Crippen molar-refractivity contribution in [2.24, 2.45) is 0 Å². The number of halogens is 3. The van der Waals surface area contributed by atoms with Crippen LogP contribution in [-0.4, -0.2) is 26.4 Å². The summed E-state index contributed by atoms with van der Waals surface area (Å²) < 4.78 is 53.7. The van der Waals surface area contributed by atoms with E-state index in [1.54, 1.807) is 0 Å². The number of carboxylic acid groups (broad SMARTS) is 1. The first-order valence-corrected chi connectivity index (χ1v) is 10.3. The molecule has 0 saturated heterocycles. The zero-order chi connectivity index (χ0) is 22.8. The second-order valence-corrected chi connectivity index (χ2v) is 8.11. The van der Waals surface area contributed by atoms with Crippen LogP contribution in [0.5, 0.6) is 0 Å². The number of nitrogens with one attached hydrogen (secondary N) is 1. The van der Waals surface area contributed by atoms with Gasteiger partial charge >= 0.3 is 12.1 Å². The van der Waals surface area contributed by atoms with Crippen LogP contribution in [0.2, 0.25) is 0 Å². The van der Waals surface area contributed by atoms with E-state index >= 15 is 0 Å². The zero-order valence-electron chi connectivity index (χ0n) is 16.1. The molecule has 2 heterocycles. The molecule has 6 nitrogen and oxygen atoms in total. The van der Waals surface area contributed by atoms with E-state index in [2.05, 4.69) is 10.3 Å². The van der Waals surface area contributed by atoms with E-state index in [4.69, 9.17) is 0 Å². The Morgan fingerprint density at radius 3 is 2.52 bits per heavy atom. The van der Waals surface area contributed by atoms with E-state index in [-0.39, 0.29) is 28.3 Å². The molecule has 3 rings (SSSR count). The maximum Gasteiger partial charge on any atom is 0.416 e. The van der Waals surface area contributed by atoms with Gasteiger partial charge in [0.2, 0.25) is 0 Å². The van der Waals surface area contributed by atoms with Gasteiger partial charge in [0.05, 0.1) is 34.4 Å². The molecule has 0 amide bonds. The van der Waals surface area contributed by atoms with E-state index in [0.29, 0.717) is 4.90 Å². The molecule has 1 aromatic carbocycles. The highest BCUT2D eigenvalue weighted by atomic mass is 32.2. The summed E-state index contributed by atoms with van der Waals surface area (Å²) in [6, 6.07) is 9.39. The number of carbonyl (C=O) groups is 1. The fraction of sp³-hybridized carbons (Fsp3) is 0.190. The van der Waals surface area contributed by atoms with Crippen molar-refractivity contribution in [2.75, 3.05) is 5.75 Å². The molecule has 0 spiro atoms. The first-order valence-electron chi connectivity index (χ1n) is 8.94. The summed E-state index contributed by atoms with van der Waals surface area (Å²) in [6.07, 6.45) is -1.90. The summed E-state index contributed by atoms with van der Waals surface area (Å²) in [7, 11) is 0. The third-order valence-electron chi connectivity index (χ3n) is 4.76. The van der Waals surface area contributed by atoms with Crippen molar-refractivity contribution in [2.45, 2.75) is 23.9 Å². The Balaban J connectivity index is 2.18. The lowest BCUT2D eigenvalue weighted by atomic mass is 9.79. The molecule has 0 fully saturated rings. The molecule has 2 atom stereocenters. The molecule has 2 N–H and O–H groups in total. The fourth-order valence-corrected chi connectivity index (χ4v) is 4.52. The number of nitriles is 1. The number of nitrogens with zero attached hydrogens (tertiary/aromatic N) is 2. The molecule has 10 heteroatoms. The summed E-state index contributed by atoms with van der Waals surface area (Å²) in [4.78, 5) is 16.4. The first-order chi connectivity index (χ1) is 14.6. The summed E-state index contributed by atoms with van der Waals surface area (Å²) in [6.45, 7) is 1.47. The Kier molecular flexibility index (Phi) is 6.38. The smallest absolute Gasteiger partial charge is 0.416 e. The minimum absolute atomic E-state index is 0.0128. The van der Waals surface area contributed by atoms with Crippen LogP contribution in [0.4, 0.5) is 13.2 Å². The predicted octanol–water partition coefficient (Wildman–Crippen LogP) is 3.73. The van der Waals surface area contributed by atoms with Crippen LogP contribution in [0.3, 0.4) is 0 Å². The number of pyridine rings is 1. The molecular formula is C21H16F3N3O3S. The van der Waals surface area contributed by atoms with Crippen molar-refractivity contribution in [3.05, 3.63) is 82.5 Å². The standard InChI is InChI=1S/C21H16F3N3O3S/c1-12-15(10-25)18(14-4-2-3-5-16(14)21(22,23)24)19(20(28)29)17(27-12)11-31(30)13-6-8-26-9-7-13/h2-9,18,27H,11H2,1H3,(H,28,29). The lowest BCUT2D eigenvalue weighted by Crippen LogP contribution is -2.33. The lowest BCUT2D eigenvalue weighted by Gasteiger charge is -2.30. The molecular weight excluding hydrogens is 431 g/mol. The monoisotopic (exact) mass is 447 g/mol. The number of carboxylic acids is 1. The Morgan fingerprint density at radius 1 is 1.29 bits per heavy atom. The van der Waals surface area contributed by atoms with Gasteiger partial charge < -0.3 is 15.0 Å². The summed E-state index contributed by atoms with van der Waals surface area (Å²) in [5.74, 6) is -3.26. The topological polar surface area (TPSA) is 109 Å². The number of alkyl halides is 3. The van der Waals surface area contributed by atoms with Crippen LogP contribution in [0.25, 0.3) is 0 Å². The highest BCUT2D eigenvalue weighted by Gasteiger charge is 2.41. The third-order valence-corrected chi connectivity index (χ3v) is 6.11. The van der Waals surface area contributed by atoms with Gasteiger partial charge in [-0.2, -0.15) is 18.4 Å². The van der Waals surface area contributed by atoms with Gasteiger partial charge in [0.25, 0.3) is 0 Å². The first kappa shape index (κ1) is 22.4. The van der Waals surface area contributed by atoms with E-state index in [1.807, 2.05) is 6.07 Å². The van der Waals surface area contributed by atoms with Crippen molar-refractivity contribution in [1.29, 1.82) is 5.26 Å². The molecule has 0 bridgehead atoms. The normalized spacial score (nSPS) is 17.7. The van der Waals surface area contributed by atoms with Gasteiger partial charge in [-0.3, -0.25) is 4.98 Å². The van der Waals surface area contributed by atoms with Crippen molar-refractivity contribution in [1.82, 2.24) is 10.3 Å². The molecule has 1 aromatic heterocycles. The van der Waals surface area contributed by atoms with Crippen LogP contribution in [0, 0.1) is 11.3 Å². The van der Waals surface area contributed by atoms with Crippen LogP contribution in [0.1, 0.15) is 24.0 Å². The summed E-state index contributed by atoms with van der Waals surface area (Å²) >= 11 is -1.69. The highest BCUT2D eigenvalue weighted by molar-refractivity contribution is 7.91. The summed E-state index contributed by atoms with van der Waals surface area (Å²) in [5, 5.41) is 22.3. The number of allylic oxidation sites excluding steroid dienone is 2. The third kappa shape index (κ3) is 4.57. The quantitative estimate of drug-likeness (QED) is 0.676. The minimum Gasteiger partial charge on any atom is -0.611 e. The number of aliphatic carboxylic acids is 1. The SMILES string of the molecule is CC1=C(C#N)C(c2ccccc2C(F)(F)F)C(C(=O)O)=C(C[S+]([O-])c2ccncc2)N1. The Morgan fingerprint density at radius 2 is 1.94 bits per heavy atom. The molecule has 160 valence electrons. The number of dihydropyridines is 1. The molecule has 0 radical (unpaired) electrons. The molecule has 2 aromatic rings. The fourth-order valence-electron chi connectivity index (χ4n) is 3.43. The van der Waals surface area contributed by atoms with Gasteiger partial charge in [0, 0.05) is 30.2 Å². The lowest BCUT2D eigenvalue weighted by molar-refractivity contribution is -0.139. The molecule has 0 saturated carbocycles. The molecule has 0 aliphatic carbocycles. The van der Waals surface area contributed by atoms with Crippen molar-refractivity contribution < 1.29 is 27.6 Å². The minimum atomic E-state index is -4.75. The number of rotatable bonds is 5. The second kappa shape index (κ2) is 8.83. The maximum atomic E-state index is 13.7. The van der Waals surface area contributed by atoms with Crippen LogP contribution < -0.4 is 5.32 Å². The van der Waals surface area contributed by atoms with Gasteiger partial charge in [-0.05, 0) is 29.7 Å². The number of hydrogen-bond donors (Lipinski definition) is 2. The van der Waals surface area contributed by atoms with E-state index in [9.17, 15) is 32.9 Å². The average Bonchev–Trinajstić information content (AvgIpc) is 2.73. The van der Waals surface area contributed by atoms with Crippen molar-refractivity contribution >= 4 is 17.1 Å². The molecule has 1 aliphatic rings. The second-order valence-electron chi connectivity index (χ2n) is 6.66. The van der Waals surface area contributed by atoms with Gasteiger partial charge in [0.15, 0.2) is 10.6 Å². The Bertz CT molecular complexity index is 1110. The van der Waals surface area contributed by atoms with E-state index in [1.165, 1.54) is 43.6 Å². The predicted molar refractivity (Wildman–Crippen MR) is 106 cm³/mol.